The molecule has 0 spiro atoms. The van der Waals surface area contributed by atoms with Crippen LogP contribution in [0.5, 0.6) is 0 Å². The predicted octanol–water partition coefficient (Wildman–Crippen LogP) is 5.43. The summed E-state index contributed by atoms with van der Waals surface area (Å²) >= 11 is 11.1. The Hall–Kier alpha value is -2.57. The molecule has 214 valence electrons. The van der Waals surface area contributed by atoms with Crippen molar-refractivity contribution in [3.63, 3.8) is 0 Å². The number of likely N-dealkylation sites (tertiary alicyclic amines) is 1. The molecule has 2 aliphatic heterocycles. The third kappa shape index (κ3) is 6.66. The Morgan fingerprint density at radius 2 is 1.80 bits per heavy atom. The molecule has 3 heterocycles. The highest BCUT2D eigenvalue weighted by atomic mass is 35.5. The van der Waals surface area contributed by atoms with Crippen LogP contribution in [0.15, 0.2) is 53.4 Å². The van der Waals surface area contributed by atoms with E-state index in [0.29, 0.717) is 41.5 Å². The highest BCUT2D eigenvalue weighted by Crippen LogP contribution is 2.43. The molecule has 0 bridgehead atoms. The summed E-state index contributed by atoms with van der Waals surface area (Å²) < 4.78 is 30.3. The molecule has 5 rings (SSSR count). The number of carbonyl (C=O) groups is 1. The number of nitrogens with zero attached hydrogens (tertiary/aromatic N) is 3. The smallest absolute Gasteiger partial charge is 0.411 e. The van der Waals surface area contributed by atoms with Gasteiger partial charge in [0.2, 0.25) is 10.0 Å². The average molecular weight is 604 g/mol. The molecule has 0 saturated carbocycles. The van der Waals surface area contributed by atoms with Gasteiger partial charge in [-0.1, -0.05) is 35.9 Å². The second kappa shape index (κ2) is 12.1. The quantitative estimate of drug-likeness (QED) is 0.311. The van der Waals surface area contributed by atoms with Gasteiger partial charge in [-0.25, -0.2) is 22.5 Å². The molecule has 1 amide bonds. The van der Waals surface area contributed by atoms with Gasteiger partial charge < -0.3 is 9.72 Å². The van der Waals surface area contributed by atoms with Crippen molar-refractivity contribution >= 4 is 46.0 Å². The fraction of sp³-hybridized carbons (Fsp3) is 0.429. The number of benzene rings is 2. The Morgan fingerprint density at radius 1 is 1.12 bits per heavy atom. The molecule has 0 unspecified atom stereocenters. The van der Waals surface area contributed by atoms with Crippen LogP contribution in [0.3, 0.4) is 0 Å². The lowest BCUT2D eigenvalue weighted by molar-refractivity contribution is 0.187. The van der Waals surface area contributed by atoms with Gasteiger partial charge in [0.15, 0.2) is 0 Å². The number of hydrogen-bond donors (Lipinski definition) is 3. The minimum Gasteiger partial charge on any atom is -0.453 e. The van der Waals surface area contributed by atoms with Crippen molar-refractivity contribution in [3.05, 3.63) is 65.1 Å². The van der Waals surface area contributed by atoms with E-state index in [2.05, 4.69) is 44.7 Å². The SMILES string of the molecule is COC(=O)Nc1ccc(-c2nc([C@@H]3C[C@H](C4CCN(S(C)(=O)=O)CC4)CN3Cc3ccc(S)cc3)[nH]c2Cl)cc1. The summed E-state index contributed by atoms with van der Waals surface area (Å²) in [6.45, 7) is 2.81. The van der Waals surface area contributed by atoms with Gasteiger partial charge >= 0.3 is 6.09 Å². The monoisotopic (exact) mass is 603 g/mol. The van der Waals surface area contributed by atoms with E-state index in [1.165, 1.54) is 18.9 Å². The molecule has 2 saturated heterocycles. The number of halogens is 1. The number of imidazole rings is 1. The average Bonchev–Trinajstić information content (AvgIpc) is 3.53. The van der Waals surface area contributed by atoms with E-state index in [9.17, 15) is 13.2 Å². The molecule has 40 heavy (non-hydrogen) atoms. The number of ether oxygens (including phenoxy) is 1. The molecule has 2 fully saturated rings. The number of nitrogens with one attached hydrogen (secondary N) is 2. The Labute approximate surface area is 245 Å². The summed E-state index contributed by atoms with van der Waals surface area (Å²) in [7, 11) is -1.84. The summed E-state index contributed by atoms with van der Waals surface area (Å²) in [6.07, 6.45) is 3.40. The zero-order chi connectivity index (χ0) is 28.4. The van der Waals surface area contributed by atoms with Crippen molar-refractivity contribution in [3.8, 4) is 11.3 Å². The second-order valence-corrected chi connectivity index (χ2v) is 13.5. The van der Waals surface area contributed by atoms with Gasteiger partial charge in [0.1, 0.15) is 16.7 Å². The lowest BCUT2D eigenvalue weighted by Crippen LogP contribution is -2.39. The maximum atomic E-state index is 12.0. The first kappa shape index (κ1) is 28.9. The zero-order valence-corrected chi connectivity index (χ0v) is 25.0. The zero-order valence-electron chi connectivity index (χ0n) is 22.5. The van der Waals surface area contributed by atoms with E-state index >= 15 is 0 Å². The molecule has 0 aliphatic carbocycles. The van der Waals surface area contributed by atoms with Crippen LogP contribution in [0.1, 0.15) is 36.7 Å². The first-order chi connectivity index (χ1) is 19.1. The number of hydrogen-bond acceptors (Lipinski definition) is 7. The normalized spacial score (nSPS) is 21.0. The first-order valence-electron chi connectivity index (χ1n) is 13.3. The van der Waals surface area contributed by atoms with Gasteiger partial charge in [0.25, 0.3) is 0 Å². The van der Waals surface area contributed by atoms with Crippen molar-refractivity contribution in [1.29, 1.82) is 0 Å². The van der Waals surface area contributed by atoms with Gasteiger partial charge in [-0.05, 0) is 60.9 Å². The van der Waals surface area contributed by atoms with E-state index in [0.717, 1.165) is 48.6 Å². The fourth-order valence-corrected chi connectivity index (χ4v) is 7.12. The van der Waals surface area contributed by atoms with Crippen LogP contribution in [0, 0.1) is 11.8 Å². The minimum atomic E-state index is -3.16. The lowest BCUT2D eigenvalue weighted by atomic mass is 9.83. The third-order valence-corrected chi connectivity index (χ3v) is 9.85. The van der Waals surface area contributed by atoms with Gasteiger partial charge in [0, 0.05) is 42.3 Å². The molecule has 1 aromatic heterocycles. The van der Waals surface area contributed by atoms with Crippen LogP contribution in [0.4, 0.5) is 10.5 Å². The van der Waals surface area contributed by atoms with Crippen molar-refractivity contribution in [2.75, 3.05) is 38.3 Å². The standard InChI is InChI=1S/C28H34ClN5O4S2/c1-38-28(35)30-22-7-5-20(6-8-22)25-26(29)32-27(31-25)24-15-21(19-11-13-34(14-12-19)40(2,36)37)17-33(24)16-18-3-9-23(39)10-4-18/h3-10,19,21,24,39H,11-17H2,1-2H3,(H,30,35)(H,31,32)/t21-,24-/m0/s1. The Morgan fingerprint density at radius 3 is 2.42 bits per heavy atom. The number of thiol groups is 1. The number of H-pyrrole nitrogens is 1. The molecule has 2 aliphatic rings. The maximum Gasteiger partial charge on any atom is 0.411 e. The summed E-state index contributed by atoms with van der Waals surface area (Å²) in [4.78, 5) is 23.2. The highest BCUT2D eigenvalue weighted by Gasteiger charge is 2.40. The molecule has 3 aromatic rings. The van der Waals surface area contributed by atoms with E-state index in [-0.39, 0.29) is 6.04 Å². The fourth-order valence-electron chi connectivity index (χ4n) is 5.85. The highest BCUT2D eigenvalue weighted by molar-refractivity contribution is 7.88. The van der Waals surface area contributed by atoms with Gasteiger partial charge in [-0.3, -0.25) is 10.2 Å². The van der Waals surface area contributed by atoms with Crippen LogP contribution in [-0.4, -0.2) is 66.7 Å². The number of methoxy groups -OCH3 is 1. The molecule has 2 aromatic carbocycles. The first-order valence-corrected chi connectivity index (χ1v) is 16.0. The molecule has 9 nitrogen and oxygen atoms in total. The van der Waals surface area contributed by atoms with Crippen molar-refractivity contribution < 1.29 is 17.9 Å². The predicted molar refractivity (Wildman–Crippen MR) is 159 cm³/mol. The molecular formula is C28H34ClN5O4S2. The maximum absolute atomic E-state index is 12.0. The van der Waals surface area contributed by atoms with E-state index in [1.54, 1.807) is 16.4 Å². The molecule has 0 radical (unpaired) electrons. The van der Waals surface area contributed by atoms with Gasteiger partial charge in [0.05, 0.1) is 19.4 Å². The summed E-state index contributed by atoms with van der Waals surface area (Å²) in [6, 6.07) is 15.5. The van der Waals surface area contributed by atoms with E-state index in [1.807, 2.05) is 24.3 Å². The number of piperidine rings is 1. The van der Waals surface area contributed by atoms with Crippen LogP contribution < -0.4 is 5.32 Å². The van der Waals surface area contributed by atoms with Crippen LogP contribution >= 0.6 is 24.2 Å². The Bertz CT molecular complexity index is 1440. The number of carbonyl (C=O) groups excluding carboxylic acids is 1. The van der Waals surface area contributed by atoms with Crippen LogP contribution in [-0.2, 0) is 21.3 Å². The number of aromatic nitrogens is 2. The van der Waals surface area contributed by atoms with Gasteiger partial charge in [-0.2, -0.15) is 0 Å². The second-order valence-electron chi connectivity index (χ2n) is 10.6. The van der Waals surface area contributed by atoms with E-state index < -0.39 is 16.1 Å². The largest absolute Gasteiger partial charge is 0.453 e. The van der Waals surface area contributed by atoms with Gasteiger partial charge in [-0.15, -0.1) is 12.6 Å². The number of sulfonamides is 1. The minimum absolute atomic E-state index is 0.0418. The molecular weight excluding hydrogens is 570 g/mol. The molecule has 12 heteroatoms. The number of amides is 1. The number of aromatic amines is 1. The summed E-state index contributed by atoms with van der Waals surface area (Å²) in [5.41, 5.74) is 3.30. The topological polar surface area (TPSA) is 108 Å². The number of rotatable bonds is 7. The Balaban J connectivity index is 1.37. The van der Waals surface area contributed by atoms with Crippen LogP contribution in [0.2, 0.25) is 5.15 Å². The van der Waals surface area contributed by atoms with Crippen molar-refractivity contribution in [2.45, 2.75) is 36.7 Å². The van der Waals surface area contributed by atoms with Crippen molar-refractivity contribution in [2.24, 2.45) is 11.8 Å². The summed E-state index contributed by atoms with van der Waals surface area (Å²) in [5.74, 6) is 1.69. The van der Waals surface area contributed by atoms with Crippen LogP contribution in [0.25, 0.3) is 11.3 Å². The summed E-state index contributed by atoms with van der Waals surface area (Å²) in [5, 5.41) is 3.11. The lowest BCUT2D eigenvalue weighted by Gasteiger charge is -2.33. The third-order valence-electron chi connectivity index (χ3n) is 7.98. The Kier molecular flexibility index (Phi) is 8.77. The molecule has 2 N–H and O–H groups in total. The van der Waals surface area contributed by atoms with E-state index in [4.69, 9.17) is 16.6 Å². The number of anilines is 1. The van der Waals surface area contributed by atoms with Crippen molar-refractivity contribution in [1.82, 2.24) is 19.2 Å². The molecule has 2 atom stereocenters.